The summed E-state index contributed by atoms with van der Waals surface area (Å²) in [5, 5.41) is 3.52. The van der Waals surface area contributed by atoms with Crippen LogP contribution < -0.4 is 5.32 Å². The number of nitrogens with zero attached hydrogens (tertiary/aromatic N) is 1. The molecule has 0 radical (unpaired) electrons. The lowest BCUT2D eigenvalue weighted by Crippen LogP contribution is -2.41. The standard InChI is InChI=1S/C14H20N2O2/c1-9-6-12(10(2)18-9)14(17)16-7-11-4-3-5-15-13(11)8-16/h6,11,13,15H,3-5,7-8H2,1-2H3. The summed E-state index contributed by atoms with van der Waals surface area (Å²) in [5.74, 6) is 2.31. The maximum atomic E-state index is 12.5. The molecule has 1 amide bonds. The molecule has 18 heavy (non-hydrogen) atoms. The van der Waals surface area contributed by atoms with Gasteiger partial charge in [-0.1, -0.05) is 0 Å². The van der Waals surface area contributed by atoms with E-state index in [1.807, 2.05) is 24.8 Å². The average Bonchev–Trinajstić information content (AvgIpc) is 2.91. The first-order chi connectivity index (χ1) is 8.65. The summed E-state index contributed by atoms with van der Waals surface area (Å²) < 4.78 is 5.45. The van der Waals surface area contributed by atoms with Crippen LogP contribution in [0, 0.1) is 19.8 Å². The van der Waals surface area contributed by atoms with Crippen molar-refractivity contribution in [2.75, 3.05) is 19.6 Å². The first-order valence-electron chi connectivity index (χ1n) is 6.75. The number of fused-ring (bicyclic) bond motifs is 1. The SMILES string of the molecule is Cc1cc(C(=O)N2CC3CCCNC3C2)c(C)o1. The van der Waals surface area contributed by atoms with Crippen LogP contribution in [0.15, 0.2) is 10.5 Å². The van der Waals surface area contributed by atoms with Crippen LogP contribution in [-0.4, -0.2) is 36.5 Å². The minimum Gasteiger partial charge on any atom is -0.466 e. The Morgan fingerprint density at radius 1 is 1.44 bits per heavy atom. The normalized spacial score (nSPS) is 27.3. The van der Waals surface area contributed by atoms with Crippen molar-refractivity contribution in [3.63, 3.8) is 0 Å². The van der Waals surface area contributed by atoms with E-state index in [1.54, 1.807) is 0 Å². The molecule has 4 nitrogen and oxygen atoms in total. The number of furan rings is 1. The van der Waals surface area contributed by atoms with Crippen LogP contribution in [0.2, 0.25) is 0 Å². The minimum atomic E-state index is 0.126. The van der Waals surface area contributed by atoms with Gasteiger partial charge in [0.2, 0.25) is 0 Å². The van der Waals surface area contributed by atoms with Crippen molar-refractivity contribution < 1.29 is 9.21 Å². The van der Waals surface area contributed by atoms with Crippen molar-refractivity contribution in [1.29, 1.82) is 0 Å². The van der Waals surface area contributed by atoms with E-state index in [4.69, 9.17) is 4.42 Å². The smallest absolute Gasteiger partial charge is 0.257 e. The van der Waals surface area contributed by atoms with Gasteiger partial charge in [0.1, 0.15) is 11.5 Å². The number of carbonyl (C=O) groups excluding carboxylic acids is 1. The quantitative estimate of drug-likeness (QED) is 0.823. The van der Waals surface area contributed by atoms with Crippen LogP contribution in [-0.2, 0) is 0 Å². The highest BCUT2D eigenvalue weighted by Gasteiger charge is 2.37. The van der Waals surface area contributed by atoms with Gasteiger partial charge in [-0.25, -0.2) is 0 Å². The molecule has 3 heterocycles. The Hall–Kier alpha value is -1.29. The summed E-state index contributed by atoms with van der Waals surface area (Å²) >= 11 is 0. The molecular weight excluding hydrogens is 228 g/mol. The molecular formula is C14H20N2O2. The fraction of sp³-hybridized carbons (Fsp3) is 0.643. The van der Waals surface area contributed by atoms with E-state index in [9.17, 15) is 4.79 Å². The van der Waals surface area contributed by atoms with E-state index in [2.05, 4.69) is 5.32 Å². The molecule has 1 N–H and O–H groups in total. The second-order valence-corrected chi connectivity index (χ2v) is 5.50. The largest absolute Gasteiger partial charge is 0.466 e. The third-order valence-corrected chi connectivity index (χ3v) is 4.16. The van der Waals surface area contributed by atoms with Gasteiger partial charge < -0.3 is 14.6 Å². The van der Waals surface area contributed by atoms with Crippen molar-refractivity contribution in [3.05, 3.63) is 23.2 Å². The van der Waals surface area contributed by atoms with Gasteiger partial charge in [0.25, 0.3) is 5.91 Å². The molecule has 0 bridgehead atoms. The molecule has 2 fully saturated rings. The Morgan fingerprint density at radius 2 is 2.28 bits per heavy atom. The number of likely N-dealkylation sites (tertiary alicyclic amines) is 1. The number of hydrogen-bond acceptors (Lipinski definition) is 3. The van der Waals surface area contributed by atoms with Gasteiger partial charge >= 0.3 is 0 Å². The van der Waals surface area contributed by atoms with Crippen molar-refractivity contribution >= 4 is 5.91 Å². The molecule has 2 saturated heterocycles. The van der Waals surface area contributed by atoms with Gasteiger partial charge in [0.15, 0.2) is 0 Å². The van der Waals surface area contributed by atoms with Crippen LogP contribution in [0.25, 0.3) is 0 Å². The van der Waals surface area contributed by atoms with Crippen molar-refractivity contribution in [3.8, 4) is 0 Å². The lowest BCUT2D eigenvalue weighted by molar-refractivity contribution is 0.0784. The minimum absolute atomic E-state index is 0.126. The van der Waals surface area contributed by atoms with Gasteiger partial charge in [-0.2, -0.15) is 0 Å². The lowest BCUT2D eigenvalue weighted by atomic mass is 9.94. The van der Waals surface area contributed by atoms with E-state index >= 15 is 0 Å². The summed E-state index contributed by atoms with van der Waals surface area (Å²) in [6, 6.07) is 2.35. The van der Waals surface area contributed by atoms with E-state index in [0.717, 1.165) is 36.7 Å². The Balaban J connectivity index is 1.76. The fourth-order valence-electron chi connectivity index (χ4n) is 3.23. The van der Waals surface area contributed by atoms with Crippen LogP contribution in [0.5, 0.6) is 0 Å². The van der Waals surface area contributed by atoms with Crippen LogP contribution in [0.1, 0.15) is 34.7 Å². The number of nitrogens with one attached hydrogen (secondary N) is 1. The molecule has 1 aromatic rings. The second-order valence-electron chi connectivity index (χ2n) is 5.50. The van der Waals surface area contributed by atoms with Gasteiger partial charge in [-0.15, -0.1) is 0 Å². The van der Waals surface area contributed by atoms with Crippen molar-refractivity contribution in [2.24, 2.45) is 5.92 Å². The molecule has 2 atom stereocenters. The highest BCUT2D eigenvalue weighted by atomic mass is 16.3. The molecule has 98 valence electrons. The van der Waals surface area contributed by atoms with E-state index < -0.39 is 0 Å². The van der Waals surface area contributed by atoms with Gasteiger partial charge in [0, 0.05) is 19.1 Å². The fourth-order valence-corrected chi connectivity index (χ4v) is 3.23. The maximum Gasteiger partial charge on any atom is 0.257 e. The highest BCUT2D eigenvalue weighted by Crippen LogP contribution is 2.27. The van der Waals surface area contributed by atoms with Crippen molar-refractivity contribution in [1.82, 2.24) is 10.2 Å². The van der Waals surface area contributed by atoms with E-state index in [0.29, 0.717) is 12.0 Å². The molecule has 3 rings (SSSR count). The molecule has 0 aliphatic carbocycles. The van der Waals surface area contributed by atoms with Gasteiger partial charge in [-0.05, 0) is 45.2 Å². The first kappa shape index (κ1) is 11.8. The van der Waals surface area contributed by atoms with Crippen LogP contribution >= 0.6 is 0 Å². The molecule has 2 unspecified atom stereocenters. The number of amides is 1. The van der Waals surface area contributed by atoms with Crippen LogP contribution in [0.4, 0.5) is 0 Å². The van der Waals surface area contributed by atoms with Crippen molar-refractivity contribution in [2.45, 2.75) is 32.7 Å². The number of aryl methyl sites for hydroxylation is 2. The third-order valence-electron chi connectivity index (χ3n) is 4.16. The molecule has 0 saturated carbocycles. The van der Waals surface area contributed by atoms with Gasteiger partial charge in [-0.3, -0.25) is 4.79 Å². The monoisotopic (exact) mass is 248 g/mol. The summed E-state index contributed by atoms with van der Waals surface area (Å²) in [6.45, 7) is 6.57. The Labute approximate surface area is 107 Å². The molecule has 0 aromatic carbocycles. The van der Waals surface area contributed by atoms with Gasteiger partial charge in [0.05, 0.1) is 5.56 Å². The summed E-state index contributed by atoms with van der Waals surface area (Å²) in [5.41, 5.74) is 0.728. The number of hydrogen-bond donors (Lipinski definition) is 1. The zero-order valence-corrected chi connectivity index (χ0v) is 11.0. The molecule has 2 aliphatic heterocycles. The summed E-state index contributed by atoms with van der Waals surface area (Å²) in [6.07, 6.45) is 2.47. The zero-order chi connectivity index (χ0) is 12.7. The number of piperidine rings is 1. The predicted molar refractivity (Wildman–Crippen MR) is 68.6 cm³/mol. The number of carbonyl (C=O) groups is 1. The van der Waals surface area contributed by atoms with E-state index in [1.165, 1.54) is 12.8 Å². The molecule has 1 aromatic heterocycles. The van der Waals surface area contributed by atoms with Crippen LogP contribution in [0.3, 0.4) is 0 Å². The highest BCUT2D eigenvalue weighted by molar-refractivity contribution is 5.95. The second kappa shape index (κ2) is 4.43. The summed E-state index contributed by atoms with van der Waals surface area (Å²) in [7, 11) is 0. The molecule has 4 heteroatoms. The lowest BCUT2D eigenvalue weighted by Gasteiger charge is -2.24. The topological polar surface area (TPSA) is 45.5 Å². The third kappa shape index (κ3) is 1.94. The average molecular weight is 248 g/mol. The maximum absolute atomic E-state index is 12.5. The molecule has 0 spiro atoms. The molecule has 2 aliphatic rings. The predicted octanol–water partition coefficient (Wildman–Crippen LogP) is 1.72. The number of rotatable bonds is 1. The Bertz CT molecular complexity index is 452. The Morgan fingerprint density at radius 3 is 2.94 bits per heavy atom. The van der Waals surface area contributed by atoms with E-state index in [-0.39, 0.29) is 5.91 Å². The zero-order valence-electron chi connectivity index (χ0n) is 11.0. The summed E-state index contributed by atoms with van der Waals surface area (Å²) in [4.78, 5) is 14.4. The first-order valence-corrected chi connectivity index (χ1v) is 6.75. The Kier molecular flexibility index (Phi) is 2.90.